The van der Waals surface area contributed by atoms with E-state index < -0.39 is 16.6 Å². The SMILES string of the molecule is CCO/N=C(/CCC(=O)O[Si](C)(C)C)C/C(CC(=O)O[Si](C)(C)C)=N/OCC. The third-order valence-corrected chi connectivity index (χ3v) is 4.54. The van der Waals surface area contributed by atoms with Crippen LogP contribution < -0.4 is 0 Å². The van der Waals surface area contributed by atoms with E-state index in [1.165, 1.54) is 0 Å². The lowest BCUT2D eigenvalue weighted by Gasteiger charge is -2.18. The van der Waals surface area contributed by atoms with Crippen LogP contribution in [0.25, 0.3) is 0 Å². The molecule has 0 aliphatic heterocycles. The number of nitrogens with zero attached hydrogens (tertiary/aromatic N) is 2. The number of carbonyl (C=O) groups is 2. The highest BCUT2D eigenvalue weighted by molar-refractivity contribution is 6.71. The Labute approximate surface area is 170 Å². The van der Waals surface area contributed by atoms with E-state index in [4.69, 9.17) is 18.5 Å². The summed E-state index contributed by atoms with van der Waals surface area (Å²) < 4.78 is 10.9. The predicted molar refractivity (Wildman–Crippen MR) is 115 cm³/mol. The van der Waals surface area contributed by atoms with Crippen LogP contribution in [0.3, 0.4) is 0 Å². The van der Waals surface area contributed by atoms with Crippen LogP contribution in [0.15, 0.2) is 10.3 Å². The number of oxime groups is 2. The first-order valence-electron chi connectivity index (χ1n) is 9.65. The lowest BCUT2D eigenvalue weighted by Crippen LogP contribution is -2.30. The second-order valence-electron chi connectivity index (χ2n) is 8.18. The molecule has 0 N–H and O–H groups in total. The molecule has 0 aliphatic rings. The maximum absolute atomic E-state index is 12.2. The summed E-state index contributed by atoms with van der Waals surface area (Å²) in [5, 5.41) is 8.11. The number of hydrogen-bond acceptors (Lipinski definition) is 8. The Morgan fingerprint density at radius 1 is 0.679 bits per heavy atom. The molecule has 28 heavy (non-hydrogen) atoms. The fraction of sp³-hybridized carbons (Fsp3) is 0.778. The van der Waals surface area contributed by atoms with Crippen LogP contribution >= 0.6 is 0 Å². The maximum atomic E-state index is 12.2. The molecule has 0 unspecified atom stereocenters. The maximum Gasteiger partial charge on any atom is 0.298 e. The van der Waals surface area contributed by atoms with Crippen molar-refractivity contribution >= 4 is 40.0 Å². The quantitative estimate of drug-likeness (QED) is 0.247. The van der Waals surface area contributed by atoms with E-state index in [2.05, 4.69) is 10.3 Å². The van der Waals surface area contributed by atoms with Crippen molar-refractivity contribution < 1.29 is 28.1 Å². The van der Waals surface area contributed by atoms with Crippen LogP contribution in [-0.4, -0.2) is 53.2 Å². The highest BCUT2D eigenvalue weighted by Crippen LogP contribution is 2.11. The molecule has 0 bridgehead atoms. The van der Waals surface area contributed by atoms with Crippen molar-refractivity contribution in [2.45, 2.75) is 78.8 Å². The van der Waals surface area contributed by atoms with Gasteiger partial charge in [-0.3, -0.25) is 9.59 Å². The summed E-state index contributed by atoms with van der Waals surface area (Å²) in [6.45, 7) is 16.1. The zero-order valence-electron chi connectivity index (χ0n) is 18.6. The van der Waals surface area contributed by atoms with E-state index in [9.17, 15) is 9.59 Å². The lowest BCUT2D eigenvalue weighted by atomic mass is 10.1. The first-order valence-corrected chi connectivity index (χ1v) is 16.5. The molecule has 8 nitrogen and oxygen atoms in total. The highest BCUT2D eigenvalue weighted by Gasteiger charge is 2.23. The molecular weight excluding hydrogens is 396 g/mol. The van der Waals surface area contributed by atoms with Gasteiger partial charge in [0.1, 0.15) is 13.2 Å². The molecule has 0 rings (SSSR count). The molecule has 0 aromatic rings. The van der Waals surface area contributed by atoms with Crippen LogP contribution in [0.1, 0.15) is 39.5 Å². The largest absolute Gasteiger partial charge is 0.520 e. The molecule has 10 heteroatoms. The van der Waals surface area contributed by atoms with Gasteiger partial charge in [0.15, 0.2) is 0 Å². The van der Waals surface area contributed by atoms with Gasteiger partial charge in [-0.05, 0) is 59.6 Å². The van der Waals surface area contributed by atoms with Crippen molar-refractivity contribution in [3.63, 3.8) is 0 Å². The summed E-state index contributed by atoms with van der Waals surface area (Å²) in [7, 11) is -3.92. The topological polar surface area (TPSA) is 95.8 Å². The molecule has 0 saturated heterocycles. The smallest absolute Gasteiger partial charge is 0.298 e. The van der Waals surface area contributed by atoms with Gasteiger partial charge >= 0.3 is 0 Å². The second-order valence-corrected chi connectivity index (χ2v) is 17.0. The van der Waals surface area contributed by atoms with Crippen molar-refractivity contribution in [2.75, 3.05) is 13.2 Å². The van der Waals surface area contributed by atoms with E-state index in [1.54, 1.807) is 0 Å². The monoisotopic (exact) mass is 432 g/mol. The fourth-order valence-electron chi connectivity index (χ4n) is 2.02. The highest BCUT2D eigenvalue weighted by atomic mass is 28.4. The summed E-state index contributed by atoms with van der Waals surface area (Å²) in [6, 6.07) is 0. The average Bonchev–Trinajstić information content (AvgIpc) is 2.51. The van der Waals surface area contributed by atoms with Crippen molar-refractivity contribution in [1.82, 2.24) is 0 Å². The fourth-order valence-corrected chi connectivity index (χ4v) is 3.56. The Bertz CT molecular complexity index is 565. The van der Waals surface area contributed by atoms with E-state index in [1.807, 2.05) is 53.1 Å². The van der Waals surface area contributed by atoms with Crippen LogP contribution in [0.5, 0.6) is 0 Å². The van der Waals surface area contributed by atoms with Crippen molar-refractivity contribution in [3.8, 4) is 0 Å². The second kappa shape index (κ2) is 12.7. The molecule has 0 aliphatic carbocycles. The third kappa shape index (κ3) is 15.4. The Balaban J connectivity index is 5.09. The molecule has 0 saturated carbocycles. The molecule has 0 spiro atoms. The van der Waals surface area contributed by atoms with E-state index in [-0.39, 0.29) is 31.2 Å². The molecule has 0 radical (unpaired) electrons. The van der Waals surface area contributed by atoms with Gasteiger partial charge in [0.2, 0.25) is 16.6 Å². The van der Waals surface area contributed by atoms with Crippen LogP contribution in [-0.2, 0) is 28.1 Å². The van der Waals surface area contributed by atoms with Gasteiger partial charge in [-0.25, -0.2) is 0 Å². The Morgan fingerprint density at radius 3 is 1.61 bits per heavy atom. The summed E-state index contributed by atoms with van der Waals surface area (Å²) in [5.41, 5.74) is 1.09. The van der Waals surface area contributed by atoms with Gasteiger partial charge in [0, 0.05) is 12.8 Å². The summed E-state index contributed by atoms with van der Waals surface area (Å²) in [6.07, 6.45) is 0.824. The lowest BCUT2D eigenvalue weighted by molar-refractivity contribution is -0.135. The number of rotatable bonds is 13. The van der Waals surface area contributed by atoms with Crippen LogP contribution in [0.4, 0.5) is 0 Å². The number of hydrogen-bond donors (Lipinski definition) is 0. The van der Waals surface area contributed by atoms with E-state index in [0.29, 0.717) is 31.1 Å². The Morgan fingerprint density at radius 2 is 1.14 bits per heavy atom. The summed E-state index contributed by atoms with van der Waals surface area (Å²) >= 11 is 0. The van der Waals surface area contributed by atoms with Gasteiger partial charge in [-0.2, -0.15) is 0 Å². The van der Waals surface area contributed by atoms with Crippen LogP contribution in [0, 0.1) is 0 Å². The molecule has 0 aromatic heterocycles. The molecular formula is C18H36N2O6Si2. The molecule has 162 valence electrons. The standard InChI is InChI=1S/C18H36N2O6Si2/c1-9-23-19-15(11-12-17(21)25-27(3,4)5)13-16(20-24-10-2)14-18(22)26-28(6,7)8/h9-14H2,1-8H3/b19-15-,20-16-. The third-order valence-electron chi connectivity index (χ3n) is 2.86. The minimum Gasteiger partial charge on any atom is -0.520 e. The van der Waals surface area contributed by atoms with Gasteiger partial charge in [-0.1, -0.05) is 10.3 Å². The van der Waals surface area contributed by atoms with Crippen molar-refractivity contribution in [1.29, 1.82) is 0 Å². The Hall–Kier alpha value is -1.69. The molecule has 0 atom stereocenters. The predicted octanol–water partition coefficient (Wildman–Crippen LogP) is 4.09. The normalized spacial score (nSPS) is 13.1. The first-order chi connectivity index (χ1) is 12.9. The Kier molecular flexibility index (Phi) is 11.9. The zero-order valence-corrected chi connectivity index (χ0v) is 20.6. The van der Waals surface area contributed by atoms with Gasteiger partial charge in [-0.15, -0.1) is 0 Å². The molecule has 0 heterocycles. The molecule has 0 amide bonds. The summed E-state index contributed by atoms with van der Waals surface area (Å²) in [4.78, 5) is 34.5. The van der Waals surface area contributed by atoms with E-state index >= 15 is 0 Å². The minimum atomic E-state index is -1.99. The first kappa shape index (κ1) is 26.3. The van der Waals surface area contributed by atoms with Crippen LogP contribution in [0.2, 0.25) is 39.3 Å². The summed E-state index contributed by atoms with van der Waals surface area (Å²) in [5.74, 6) is -0.601. The van der Waals surface area contributed by atoms with E-state index in [0.717, 1.165) is 0 Å². The number of carbonyl (C=O) groups excluding carboxylic acids is 2. The average molecular weight is 433 g/mol. The zero-order chi connectivity index (χ0) is 21.8. The minimum absolute atomic E-state index is 0.00870. The van der Waals surface area contributed by atoms with Gasteiger partial charge in [0.25, 0.3) is 11.9 Å². The van der Waals surface area contributed by atoms with Gasteiger partial charge in [0.05, 0.1) is 17.8 Å². The molecule has 0 aromatic carbocycles. The van der Waals surface area contributed by atoms with Crippen molar-refractivity contribution in [3.05, 3.63) is 0 Å². The molecule has 0 fully saturated rings. The van der Waals surface area contributed by atoms with Gasteiger partial charge < -0.3 is 18.5 Å². The van der Waals surface area contributed by atoms with Crippen molar-refractivity contribution in [2.24, 2.45) is 10.3 Å².